The van der Waals surface area contributed by atoms with Gasteiger partial charge < -0.3 is 14.4 Å². The van der Waals surface area contributed by atoms with Crippen LogP contribution in [-0.2, 0) is 11.2 Å². The number of hydrogen-bond acceptors (Lipinski definition) is 4. The van der Waals surface area contributed by atoms with Crippen molar-refractivity contribution >= 4 is 11.7 Å². The summed E-state index contributed by atoms with van der Waals surface area (Å²) in [6.45, 7) is 15.1. The van der Waals surface area contributed by atoms with Crippen molar-refractivity contribution in [3.8, 4) is 11.5 Å². The molecule has 1 unspecified atom stereocenters. The maximum Gasteiger partial charge on any atom is 0.308 e. The first-order chi connectivity index (χ1) is 13.8. The van der Waals surface area contributed by atoms with E-state index in [0.29, 0.717) is 5.75 Å². The topological polar surface area (TPSA) is 38.8 Å². The molecule has 0 bridgehead atoms. The molecule has 0 amide bonds. The summed E-state index contributed by atoms with van der Waals surface area (Å²) in [6.07, 6.45) is 3.71. The first kappa shape index (κ1) is 21.0. The van der Waals surface area contributed by atoms with Gasteiger partial charge in [-0.2, -0.15) is 0 Å². The quantitative estimate of drug-likeness (QED) is 0.379. The van der Waals surface area contributed by atoms with Gasteiger partial charge in [0, 0.05) is 24.7 Å². The number of fused-ring (bicyclic) bond motifs is 1. The smallest absolute Gasteiger partial charge is 0.308 e. The summed E-state index contributed by atoms with van der Waals surface area (Å²) in [6, 6.07) is 10.4. The van der Waals surface area contributed by atoms with E-state index in [1.54, 1.807) is 0 Å². The molecule has 4 heteroatoms. The average Bonchev–Trinajstić information content (AvgIpc) is 2.69. The fourth-order valence-corrected chi connectivity index (χ4v) is 4.15. The highest BCUT2D eigenvalue weighted by Gasteiger charge is 2.36. The molecule has 0 N–H and O–H groups in total. The Morgan fingerprint density at radius 1 is 1.21 bits per heavy atom. The van der Waals surface area contributed by atoms with Crippen LogP contribution < -0.4 is 14.4 Å². The van der Waals surface area contributed by atoms with Gasteiger partial charge in [-0.25, -0.2) is 0 Å². The van der Waals surface area contributed by atoms with Gasteiger partial charge in [0.15, 0.2) is 0 Å². The minimum absolute atomic E-state index is 0.292. The molecule has 0 radical (unpaired) electrons. The maximum atomic E-state index is 11.6. The third-order valence-electron chi connectivity index (χ3n) is 5.81. The van der Waals surface area contributed by atoms with Crippen molar-refractivity contribution in [1.82, 2.24) is 0 Å². The molecule has 3 rings (SSSR count). The highest BCUT2D eigenvalue weighted by Crippen LogP contribution is 2.44. The van der Waals surface area contributed by atoms with Crippen molar-refractivity contribution in [2.45, 2.75) is 53.1 Å². The van der Waals surface area contributed by atoms with Gasteiger partial charge in [-0.3, -0.25) is 4.79 Å². The predicted molar refractivity (Wildman–Crippen MR) is 118 cm³/mol. The van der Waals surface area contributed by atoms with Crippen molar-refractivity contribution in [2.24, 2.45) is 0 Å². The molecular formula is C25H31NO3. The molecule has 0 aromatic heterocycles. The summed E-state index contributed by atoms with van der Waals surface area (Å²) in [7, 11) is 0. The molecule has 2 aromatic carbocycles. The van der Waals surface area contributed by atoms with Gasteiger partial charge >= 0.3 is 5.97 Å². The average molecular weight is 394 g/mol. The van der Waals surface area contributed by atoms with Crippen molar-refractivity contribution in [2.75, 3.05) is 18.0 Å². The van der Waals surface area contributed by atoms with Crippen LogP contribution in [0.2, 0.25) is 0 Å². The molecule has 1 heterocycles. The van der Waals surface area contributed by atoms with Crippen LogP contribution in [0.5, 0.6) is 11.5 Å². The minimum atomic E-state index is -0.321. The fraction of sp³-hybridized carbons (Fsp3) is 0.400. The Morgan fingerprint density at radius 3 is 2.52 bits per heavy atom. The number of carbonyl (C=O) groups excluding carboxylic acids is 1. The Morgan fingerprint density at radius 2 is 1.90 bits per heavy atom. The van der Waals surface area contributed by atoms with Crippen LogP contribution in [0.25, 0.3) is 0 Å². The molecule has 1 aliphatic heterocycles. The van der Waals surface area contributed by atoms with Gasteiger partial charge in [0.25, 0.3) is 0 Å². The molecule has 0 saturated carbocycles. The van der Waals surface area contributed by atoms with Gasteiger partial charge in [-0.15, -0.1) is 6.58 Å². The van der Waals surface area contributed by atoms with Crippen molar-refractivity contribution < 1.29 is 14.3 Å². The van der Waals surface area contributed by atoms with Crippen LogP contribution in [0.3, 0.4) is 0 Å². The number of esters is 1. The summed E-state index contributed by atoms with van der Waals surface area (Å²) in [4.78, 5) is 13.9. The van der Waals surface area contributed by atoms with E-state index in [4.69, 9.17) is 9.47 Å². The molecule has 0 aliphatic carbocycles. The largest absolute Gasteiger partial charge is 0.485 e. The normalized spacial score (nSPS) is 17.8. The molecule has 154 valence electrons. The van der Waals surface area contributed by atoms with Crippen LogP contribution in [0.15, 0.2) is 43.0 Å². The monoisotopic (exact) mass is 393 g/mol. The third-order valence-corrected chi connectivity index (χ3v) is 5.81. The summed E-state index contributed by atoms with van der Waals surface area (Å²) in [5, 5.41) is 0. The van der Waals surface area contributed by atoms with Crippen LogP contribution in [0.4, 0.5) is 5.69 Å². The number of benzene rings is 2. The van der Waals surface area contributed by atoms with Gasteiger partial charge in [0.2, 0.25) is 0 Å². The summed E-state index contributed by atoms with van der Waals surface area (Å²) in [5.41, 5.74) is 5.01. The standard InChI is InChI=1S/C25H31NO3/c1-7-15-26(21-11-9-8-10-12-21)16-25(6)14-13-22-19(4)23(28-20(5)27)17(2)18(3)24(22)29-25/h7-12H,1,13-16H2,2-6H3. The van der Waals surface area contributed by atoms with Crippen LogP contribution in [0.1, 0.15) is 42.5 Å². The molecule has 29 heavy (non-hydrogen) atoms. The molecule has 4 nitrogen and oxygen atoms in total. The Balaban J connectivity index is 1.93. The van der Waals surface area contributed by atoms with E-state index in [1.807, 2.05) is 32.9 Å². The molecule has 0 spiro atoms. The molecule has 1 aliphatic rings. The molecule has 2 aromatic rings. The number of anilines is 1. The third kappa shape index (κ3) is 4.31. The molecule has 0 fully saturated rings. The molecule has 1 atom stereocenters. The van der Waals surface area contributed by atoms with E-state index in [1.165, 1.54) is 6.92 Å². The first-order valence-electron chi connectivity index (χ1n) is 10.2. The summed E-state index contributed by atoms with van der Waals surface area (Å²) in [5.74, 6) is 1.33. The Bertz CT molecular complexity index is 920. The van der Waals surface area contributed by atoms with Crippen LogP contribution in [-0.4, -0.2) is 24.7 Å². The zero-order valence-corrected chi connectivity index (χ0v) is 18.2. The van der Waals surface area contributed by atoms with Gasteiger partial charge in [-0.1, -0.05) is 24.3 Å². The zero-order valence-electron chi connectivity index (χ0n) is 18.2. The number of hydrogen-bond donors (Lipinski definition) is 0. The van der Waals surface area contributed by atoms with Gasteiger partial charge in [-0.05, 0) is 69.4 Å². The number of para-hydroxylation sites is 1. The number of ether oxygens (including phenoxy) is 2. The van der Waals surface area contributed by atoms with Crippen molar-refractivity contribution in [1.29, 1.82) is 0 Å². The Hall–Kier alpha value is -2.75. The highest BCUT2D eigenvalue weighted by molar-refractivity contribution is 5.72. The van der Waals surface area contributed by atoms with E-state index >= 15 is 0 Å². The number of carbonyl (C=O) groups is 1. The summed E-state index contributed by atoms with van der Waals surface area (Å²) < 4.78 is 12.2. The lowest BCUT2D eigenvalue weighted by Gasteiger charge is -2.41. The zero-order chi connectivity index (χ0) is 21.2. The predicted octanol–water partition coefficient (Wildman–Crippen LogP) is 5.31. The fourth-order valence-electron chi connectivity index (χ4n) is 4.15. The molecule has 0 saturated heterocycles. The first-order valence-corrected chi connectivity index (χ1v) is 10.2. The maximum absolute atomic E-state index is 11.6. The SMILES string of the molecule is C=CCN(CC1(C)CCc2c(C)c(OC(C)=O)c(C)c(C)c2O1)c1ccccc1. The summed E-state index contributed by atoms with van der Waals surface area (Å²) >= 11 is 0. The lowest BCUT2D eigenvalue weighted by Crippen LogP contribution is -2.48. The highest BCUT2D eigenvalue weighted by atomic mass is 16.5. The Labute approximate surface area is 174 Å². The van der Waals surface area contributed by atoms with E-state index in [0.717, 1.165) is 59.6 Å². The van der Waals surface area contributed by atoms with Gasteiger partial charge in [0.1, 0.15) is 17.1 Å². The van der Waals surface area contributed by atoms with Crippen molar-refractivity contribution in [3.63, 3.8) is 0 Å². The number of nitrogens with zero attached hydrogens (tertiary/aromatic N) is 1. The second-order valence-corrected chi connectivity index (χ2v) is 8.16. The van der Waals surface area contributed by atoms with E-state index < -0.39 is 0 Å². The van der Waals surface area contributed by atoms with E-state index in [9.17, 15) is 4.79 Å². The second kappa shape index (κ2) is 8.32. The number of rotatable bonds is 6. The Kier molecular flexibility index (Phi) is 6.02. The van der Waals surface area contributed by atoms with E-state index in [-0.39, 0.29) is 11.6 Å². The van der Waals surface area contributed by atoms with Crippen LogP contribution >= 0.6 is 0 Å². The van der Waals surface area contributed by atoms with Crippen LogP contribution in [0, 0.1) is 20.8 Å². The molecular weight excluding hydrogens is 362 g/mol. The second-order valence-electron chi connectivity index (χ2n) is 8.16. The van der Waals surface area contributed by atoms with Gasteiger partial charge in [0.05, 0.1) is 6.54 Å². The van der Waals surface area contributed by atoms with Crippen molar-refractivity contribution in [3.05, 3.63) is 65.2 Å². The van der Waals surface area contributed by atoms with E-state index in [2.05, 4.69) is 42.7 Å². The lowest BCUT2D eigenvalue weighted by molar-refractivity contribution is -0.132. The minimum Gasteiger partial charge on any atom is -0.485 e. The lowest BCUT2D eigenvalue weighted by atomic mass is 9.86.